The van der Waals surface area contributed by atoms with Crippen molar-refractivity contribution in [2.24, 2.45) is 13.0 Å². The van der Waals surface area contributed by atoms with Gasteiger partial charge in [-0.25, -0.2) is 0 Å². The van der Waals surface area contributed by atoms with Gasteiger partial charge in [-0.15, -0.1) is 0 Å². The van der Waals surface area contributed by atoms with Gasteiger partial charge in [0.05, 0.1) is 17.9 Å². The number of ether oxygens (including phenoxy) is 1. The Bertz CT molecular complexity index is 408. The van der Waals surface area contributed by atoms with Crippen molar-refractivity contribution in [3.8, 4) is 0 Å². The van der Waals surface area contributed by atoms with E-state index in [-0.39, 0.29) is 11.7 Å². The topological polar surface area (TPSA) is 47.3 Å². The lowest BCUT2D eigenvalue weighted by Gasteiger charge is -2.42. The van der Waals surface area contributed by atoms with Crippen LogP contribution in [0.5, 0.6) is 0 Å². The van der Waals surface area contributed by atoms with Gasteiger partial charge in [-0.2, -0.15) is 5.10 Å². The van der Waals surface area contributed by atoms with Gasteiger partial charge in [0.1, 0.15) is 0 Å². The van der Waals surface area contributed by atoms with Gasteiger partial charge < -0.3 is 9.84 Å². The molecule has 0 bridgehead atoms. The van der Waals surface area contributed by atoms with E-state index in [1.54, 1.807) is 0 Å². The number of aryl methyl sites for hydroxylation is 2. The number of aromatic nitrogens is 2. The molecule has 0 aliphatic heterocycles. The largest absolute Gasteiger partial charge is 0.390 e. The van der Waals surface area contributed by atoms with Gasteiger partial charge in [0.15, 0.2) is 0 Å². The zero-order valence-corrected chi connectivity index (χ0v) is 13.0. The summed E-state index contributed by atoms with van der Waals surface area (Å²) in [4.78, 5) is 0. The number of hydrogen-bond acceptors (Lipinski definition) is 3. The third-order valence-electron chi connectivity index (χ3n) is 4.62. The maximum absolute atomic E-state index is 10.7. The van der Waals surface area contributed by atoms with Gasteiger partial charge in [-0.1, -0.05) is 6.92 Å². The van der Waals surface area contributed by atoms with Gasteiger partial charge in [0.2, 0.25) is 0 Å². The van der Waals surface area contributed by atoms with Crippen molar-refractivity contribution in [2.75, 3.05) is 6.61 Å². The van der Waals surface area contributed by atoms with Crippen molar-refractivity contribution < 1.29 is 9.84 Å². The lowest BCUT2D eigenvalue weighted by Crippen LogP contribution is -2.47. The Balaban J connectivity index is 1.94. The quantitative estimate of drug-likeness (QED) is 0.871. The molecule has 1 unspecified atom stereocenters. The Morgan fingerprint density at radius 1 is 1.50 bits per heavy atom. The van der Waals surface area contributed by atoms with E-state index < -0.39 is 0 Å². The molecule has 20 heavy (non-hydrogen) atoms. The summed E-state index contributed by atoms with van der Waals surface area (Å²) in [5.41, 5.74) is 0.867. The summed E-state index contributed by atoms with van der Waals surface area (Å²) in [6.45, 7) is 4.99. The summed E-state index contributed by atoms with van der Waals surface area (Å²) < 4.78 is 7.81. The van der Waals surface area contributed by atoms with E-state index >= 15 is 0 Å². The van der Waals surface area contributed by atoms with Crippen LogP contribution in [0.1, 0.15) is 51.5 Å². The van der Waals surface area contributed by atoms with Crippen LogP contribution in [0.15, 0.2) is 12.4 Å². The number of aliphatic hydroxyl groups excluding tert-OH is 1. The highest BCUT2D eigenvalue weighted by molar-refractivity contribution is 5.05. The van der Waals surface area contributed by atoms with Crippen molar-refractivity contribution >= 4 is 0 Å². The highest BCUT2D eigenvalue weighted by Crippen LogP contribution is 2.38. The van der Waals surface area contributed by atoms with Gasteiger partial charge in [0, 0.05) is 19.9 Å². The van der Waals surface area contributed by atoms with Crippen LogP contribution >= 0.6 is 0 Å². The lowest BCUT2D eigenvalue weighted by molar-refractivity contribution is -0.145. The minimum atomic E-state index is -0.379. The van der Waals surface area contributed by atoms with E-state index in [0.717, 1.165) is 44.4 Å². The van der Waals surface area contributed by atoms with Gasteiger partial charge in [0.25, 0.3) is 0 Å². The fourth-order valence-corrected chi connectivity index (χ4v) is 3.28. The summed E-state index contributed by atoms with van der Waals surface area (Å²) in [6.07, 6.45) is 9.40. The molecule has 1 aromatic heterocycles. The fraction of sp³-hybridized carbons (Fsp3) is 0.812. The molecule has 4 heteroatoms. The maximum atomic E-state index is 10.7. The van der Waals surface area contributed by atoms with Crippen LogP contribution in [0.2, 0.25) is 0 Å². The molecule has 1 saturated carbocycles. The molecular formula is C16H28N2O2. The van der Waals surface area contributed by atoms with Gasteiger partial charge >= 0.3 is 0 Å². The zero-order chi connectivity index (χ0) is 14.6. The van der Waals surface area contributed by atoms with E-state index in [4.69, 9.17) is 4.74 Å². The molecule has 1 fully saturated rings. The second-order valence-corrected chi connectivity index (χ2v) is 6.26. The van der Waals surface area contributed by atoms with Crippen molar-refractivity contribution in [1.29, 1.82) is 0 Å². The van der Waals surface area contributed by atoms with E-state index in [1.807, 2.05) is 31.0 Å². The molecular weight excluding hydrogens is 252 g/mol. The Hall–Kier alpha value is -0.870. The van der Waals surface area contributed by atoms with Crippen LogP contribution in [0.3, 0.4) is 0 Å². The highest BCUT2D eigenvalue weighted by atomic mass is 16.5. The molecule has 1 aromatic rings. The monoisotopic (exact) mass is 280 g/mol. The Morgan fingerprint density at radius 3 is 2.75 bits per heavy atom. The first-order chi connectivity index (χ1) is 9.55. The second-order valence-electron chi connectivity index (χ2n) is 6.26. The molecule has 4 nitrogen and oxygen atoms in total. The maximum Gasteiger partial charge on any atom is 0.0940 e. The highest BCUT2D eigenvalue weighted by Gasteiger charge is 2.40. The summed E-state index contributed by atoms with van der Waals surface area (Å²) in [7, 11) is 1.92. The first-order valence-electron chi connectivity index (χ1n) is 7.85. The molecule has 2 rings (SSSR count). The van der Waals surface area contributed by atoms with Crippen molar-refractivity contribution in [3.63, 3.8) is 0 Å². The molecule has 1 N–H and O–H groups in total. The van der Waals surface area contributed by atoms with Crippen LogP contribution < -0.4 is 0 Å². The van der Waals surface area contributed by atoms with E-state index in [2.05, 4.69) is 12.0 Å². The minimum absolute atomic E-state index is 0.316. The minimum Gasteiger partial charge on any atom is -0.390 e. The Labute approximate surface area is 122 Å². The third-order valence-corrected chi connectivity index (χ3v) is 4.62. The smallest absolute Gasteiger partial charge is 0.0940 e. The molecule has 0 radical (unpaired) electrons. The number of nitrogens with zero attached hydrogens (tertiary/aromatic N) is 2. The first-order valence-corrected chi connectivity index (χ1v) is 7.85. The van der Waals surface area contributed by atoms with Crippen molar-refractivity contribution in [1.82, 2.24) is 9.78 Å². The summed E-state index contributed by atoms with van der Waals surface area (Å²) in [5, 5.41) is 14.8. The molecule has 0 saturated heterocycles. The van der Waals surface area contributed by atoms with E-state index in [1.165, 1.54) is 5.56 Å². The molecule has 0 aromatic carbocycles. The predicted octanol–water partition coefficient (Wildman–Crippen LogP) is 2.70. The molecule has 1 aliphatic carbocycles. The Morgan fingerprint density at radius 2 is 2.20 bits per heavy atom. The fourth-order valence-electron chi connectivity index (χ4n) is 3.28. The predicted molar refractivity (Wildman–Crippen MR) is 79.5 cm³/mol. The van der Waals surface area contributed by atoms with E-state index in [0.29, 0.717) is 6.61 Å². The van der Waals surface area contributed by atoms with Crippen molar-refractivity contribution in [2.45, 2.75) is 64.1 Å². The lowest BCUT2D eigenvalue weighted by atomic mass is 9.75. The second kappa shape index (κ2) is 6.72. The summed E-state index contributed by atoms with van der Waals surface area (Å²) in [6, 6.07) is 0. The number of hydrogen-bond donors (Lipinski definition) is 1. The molecule has 1 atom stereocenters. The van der Waals surface area contributed by atoms with Gasteiger partial charge in [-0.3, -0.25) is 4.68 Å². The van der Waals surface area contributed by atoms with Gasteiger partial charge in [-0.05, 0) is 56.9 Å². The van der Waals surface area contributed by atoms with Crippen LogP contribution in [-0.4, -0.2) is 33.2 Å². The zero-order valence-electron chi connectivity index (χ0n) is 13.0. The Kier molecular flexibility index (Phi) is 5.22. The van der Waals surface area contributed by atoms with Crippen LogP contribution in [0.25, 0.3) is 0 Å². The SMILES string of the molecule is CCOC1(C(O)CCc2cnn(C)c2)CCC(C)CC1. The third kappa shape index (κ3) is 3.61. The molecule has 0 amide bonds. The number of rotatable bonds is 6. The molecule has 0 spiro atoms. The number of aliphatic hydroxyl groups is 1. The van der Waals surface area contributed by atoms with Crippen LogP contribution in [0, 0.1) is 5.92 Å². The standard InChI is InChI=1S/C16H28N2O2/c1-4-20-16(9-7-13(2)8-10-16)15(19)6-5-14-11-17-18(3)12-14/h11-13,15,19H,4-10H2,1-3H3. The summed E-state index contributed by atoms with van der Waals surface area (Å²) >= 11 is 0. The van der Waals surface area contributed by atoms with E-state index in [9.17, 15) is 5.11 Å². The average Bonchev–Trinajstić information content (AvgIpc) is 2.85. The average molecular weight is 280 g/mol. The van der Waals surface area contributed by atoms with Crippen LogP contribution in [-0.2, 0) is 18.2 Å². The molecule has 114 valence electrons. The van der Waals surface area contributed by atoms with Crippen molar-refractivity contribution in [3.05, 3.63) is 18.0 Å². The molecule has 1 aliphatic rings. The molecule has 1 heterocycles. The van der Waals surface area contributed by atoms with Crippen LogP contribution in [0.4, 0.5) is 0 Å². The normalized spacial score (nSPS) is 28.5. The first kappa shape index (κ1) is 15.5. The summed E-state index contributed by atoms with van der Waals surface area (Å²) in [5.74, 6) is 0.758.